The molecule has 0 spiro atoms. The molecule has 39 heavy (non-hydrogen) atoms. The minimum Gasteiger partial charge on any atom is -0.465 e. The second-order valence-electron chi connectivity index (χ2n) is 10.3. The molecule has 0 amide bonds. The van der Waals surface area contributed by atoms with Gasteiger partial charge >= 0.3 is 12.1 Å². The summed E-state index contributed by atoms with van der Waals surface area (Å²) in [5, 5.41) is 3.01. The normalized spacial score (nSPS) is 27.2. The second kappa shape index (κ2) is 10.9. The van der Waals surface area contributed by atoms with Crippen molar-refractivity contribution >= 4 is 17.5 Å². The molecule has 4 heterocycles. The predicted octanol–water partition coefficient (Wildman–Crippen LogP) is 3.05. The summed E-state index contributed by atoms with van der Waals surface area (Å²) in [5.74, 6) is -1.23. The van der Waals surface area contributed by atoms with E-state index in [1.54, 1.807) is 12.1 Å². The van der Waals surface area contributed by atoms with E-state index in [-0.39, 0.29) is 25.9 Å². The Kier molecular flexibility index (Phi) is 7.68. The molecule has 4 atom stereocenters. The summed E-state index contributed by atoms with van der Waals surface area (Å²) in [5.41, 5.74) is 0.483. The third-order valence-electron chi connectivity index (χ3n) is 7.14. The van der Waals surface area contributed by atoms with E-state index in [9.17, 15) is 18.0 Å². The molecule has 3 saturated heterocycles. The number of halogens is 3. The Morgan fingerprint density at radius 1 is 1.13 bits per heavy atom. The number of rotatable bonds is 6. The van der Waals surface area contributed by atoms with Crippen molar-refractivity contribution in [2.75, 3.05) is 56.7 Å². The van der Waals surface area contributed by atoms with E-state index < -0.39 is 35.9 Å². The van der Waals surface area contributed by atoms with Crippen LogP contribution in [-0.2, 0) is 25.1 Å². The number of nitrogens with one attached hydrogen (secondary N) is 1. The molecule has 5 rings (SSSR count). The Labute approximate surface area is 225 Å². The lowest BCUT2D eigenvalue weighted by Crippen LogP contribution is -2.58. The number of benzene rings is 1. The first kappa shape index (κ1) is 27.6. The van der Waals surface area contributed by atoms with Gasteiger partial charge in [-0.1, -0.05) is 0 Å². The number of hydrogen-bond acceptors (Lipinski definition) is 10. The molecule has 0 bridgehead atoms. The molecule has 0 aliphatic carbocycles. The maximum absolute atomic E-state index is 13.1. The van der Waals surface area contributed by atoms with E-state index in [4.69, 9.17) is 18.9 Å². The molecular weight excluding hydrogens is 519 g/mol. The van der Waals surface area contributed by atoms with Crippen LogP contribution < -0.4 is 10.2 Å². The van der Waals surface area contributed by atoms with Gasteiger partial charge in [0.05, 0.1) is 43.8 Å². The minimum atomic E-state index is -4.59. The summed E-state index contributed by atoms with van der Waals surface area (Å²) >= 11 is 0. The summed E-state index contributed by atoms with van der Waals surface area (Å²) in [4.78, 5) is 23.6. The van der Waals surface area contributed by atoms with Gasteiger partial charge in [0.25, 0.3) is 0 Å². The molecule has 13 heteroatoms. The molecule has 214 valence electrons. The van der Waals surface area contributed by atoms with Gasteiger partial charge in [-0.2, -0.15) is 13.2 Å². The highest BCUT2D eigenvalue weighted by Gasteiger charge is 2.52. The lowest BCUT2D eigenvalue weighted by atomic mass is 9.97. The van der Waals surface area contributed by atoms with Gasteiger partial charge in [-0.15, -0.1) is 0 Å². The number of nitrogens with zero attached hydrogens (tertiary/aromatic N) is 4. The van der Waals surface area contributed by atoms with E-state index >= 15 is 0 Å². The van der Waals surface area contributed by atoms with Gasteiger partial charge < -0.3 is 29.2 Å². The van der Waals surface area contributed by atoms with E-state index in [1.807, 2.05) is 26.0 Å². The molecule has 3 fully saturated rings. The molecule has 2 aromatic rings. The highest BCUT2D eigenvalue weighted by Crippen LogP contribution is 2.37. The van der Waals surface area contributed by atoms with Gasteiger partial charge in [0.2, 0.25) is 0 Å². The standard InChI is InChI=1S/C26H32F3N5O5.H2/c1-25(2)38-22-18(31-21-13-30-12-20(32-21)26(27,28)29)15-37-19(23(22)39-25)14-33-8-10-34(11-9-33)17-6-4-16(5-7-17)24(35)36-3;/h4-7,12-13,18-19,22-23H,8-11,14-15H2,1-3H3,(H,31,32);1H/t18-,19+,22+,23-;/m0./s1. The highest BCUT2D eigenvalue weighted by atomic mass is 19.4. The van der Waals surface area contributed by atoms with Gasteiger partial charge in [-0.25, -0.2) is 9.78 Å². The number of esters is 1. The third-order valence-corrected chi connectivity index (χ3v) is 7.14. The van der Waals surface area contributed by atoms with Crippen molar-refractivity contribution in [2.24, 2.45) is 0 Å². The predicted molar refractivity (Wildman–Crippen MR) is 137 cm³/mol. The number of carbonyl (C=O) groups is 1. The Morgan fingerprint density at radius 2 is 1.82 bits per heavy atom. The number of ether oxygens (including phenoxy) is 4. The SMILES string of the molecule is COC(=O)c1ccc(N2CCN(C[C@H]3OC[C@H](Nc4cncc(C(F)(F)F)n4)[C@H]4OC(C)(C)O[C@H]43)CC2)cc1.[HH]. The molecule has 3 aliphatic heterocycles. The van der Waals surface area contributed by atoms with E-state index in [1.165, 1.54) is 13.3 Å². The zero-order valence-corrected chi connectivity index (χ0v) is 22.0. The molecule has 10 nitrogen and oxygen atoms in total. The van der Waals surface area contributed by atoms with Crippen molar-refractivity contribution in [1.82, 2.24) is 14.9 Å². The van der Waals surface area contributed by atoms with Crippen LogP contribution in [0, 0.1) is 0 Å². The Balaban J connectivity index is 0.00000370. The van der Waals surface area contributed by atoms with Crippen LogP contribution in [0.2, 0.25) is 0 Å². The maximum atomic E-state index is 13.1. The first-order chi connectivity index (χ1) is 18.5. The van der Waals surface area contributed by atoms with Crippen molar-refractivity contribution in [3.05, 3.63) is 47.9 Å². The zero-order valence-electron chi connectivity index (χ0n) is 22.0. The van der Waals surface area contributed by atoms with Crippen molar-refractivity contribution in [3.63, 3.8) is 0 Å². The Hall–Kier alpha value is -3.00. The fraction of sp³-hybridized carbons (Fsp3) is 0.577. The fourth-order valence-corrected chi connectivity index (χ4v) is 5.24. The Bertz CT molecular complexity index is 1160. The van der Waals surface area contributed by atoms with Crippen LogP contribution in [0.4, 0.5) is 24.7 Å². The summed E-state index contributed by atoms with van der Waals surface area (Å²) < 4.78 is 62.6. The molecule has 3 aliphatic rings. The summed E-state index contributed by atoms with van der Waals surface area (Å²) in [6, 6.07) is 6.90. The topological polar surface area (TPSA) is 98.3 Å². The van der Waals surface area contributed by atoms with E-state index in [0.717, 1.165) is 31.9 Å². The third kappa shape index (κ3) is 6.26. The molecule has 1 aromatic heterocycles. The summed E-state index contributed by atoms with van der Waals surface area (Å²) in [6.07, 6.45) is -3.77. The first-order valence-corrected chi connectivity index (χ1v) is 12.8. The van der Waals surface area contributed by atoms with Crippen LogP contribution >= 0.6 is 0 Å². The molecule has 0 saturated carbocycles. The number of aromatic nitrogens is 2. The van der Waals surface area contributed by atoms with Crippen LogP contribution in [-0.4, -0.2) is 97.4 Å². The largest absolute Gasteiger partial charge is 0.465 e. The number of hydrogen-bond donors (Lipinski definition) is 1. The highest BCUT2D eigenvalue weighted by molar-refractivity contribution is 5.89. The van der Waals surface area contributed by atoms with Crippen molar-refractivity contribution < 1.29 is 38.3 Å². The van der Waals surface area contributed by atoms with Gasteiger partial charge in [0.1, 0.15) is 18.0 Å². The van der Waals surface area contributed by atoms with Gasteiger partial charge in [-0.3, -0.25) is 9.88 Å². The quantitative estimate of drug-likeness (QED) is 0.538. The zero-order chi connectivity index (χ0) is 27.8. The lowest BCUT2D eigenvalue weighted by Gasteiger charge is -2.42. The average molecular weight is 554 g/mol. The molecule has 0 radical (unpaired) electrons. The summed E-state index contributed by atoms with van der Waals surface area (Å²) in [6.45, 7) is 7.70. The van der Waals surface area contributed by atoms with Crippen molar-refractivity contribution in [3.8, 4) is 0 Å². The monoisotopic (exact) mass is 553 g/mol. The fourth-order valence-electron chi connectivity index (χ4n) is 5.24. The van der Waals surface area contributed by atoms with E-state index in [2.05, 4.69) is 25.1 Å². The molecular formula is C26H34F3N5O5. The number of anilines is 2. The van der Waals surface area contributed by atoms with Crippen LogP contribution in [0.1, 0.15) is 31.3 Å². The van der Waals surface area contributed by atoms with Crippen molar-refractivity contribution in [2.45, 2.75) is 50.2 Å². The number of fused-ring (bicyclic) bond motifs is 1. The molecule has 0 unspecified atom stereocenters. The smallest absolute Gasteiger partial charge is 0.434 e. The van der Waals surface area contributed by atoms with Gasteiger partial charge in [0, 0.05) is 39.8 Å². The van der Waals surface area contributed by atoms with Crippen LogP contribution in [0.15, 0.2) is 36.7 Å². The lowest BCUT2D eigenvalue weighted by molar-refractivity contribution is -0.155. The average Bonchev–Trinajstić information content (AvgIpc) is 3.25. The van der Waals surface area contributed by atoms with E-state index in [0.29, 0.717) is 18.3 Å². The molecule has 1 aromatic carbocycles. The second-order valence-corrected chi connectivity index (χ2v) is 10.3. The Morgan fingerprint density at radius 3 is 2.49 bits per heavy atom. The number of methoxy groups -OCH3 is 1. The molecule has 1 N–H and O–H groups in total. The van der Waals surface area contributed by atoms with Crippen LogP contribution in [0.3, 0.4) is 0 Å². The number of carbonyl (C=O) groups excluding carboxylic acids is 1. The van der Waals surface area contributed by atoms with Crippen LogP contribution in [0.25, 0.3) is 0 Å². The van der Waals surface area contributed by atoms with Crippen molar-refractivity contribution in [1.29, 1.82) is 0 Å². The maximum Gasteiger partial charge on any atom is 0.434 e. The van der Waals surface area contributed by atoms with Gasteiger partial charge in [0.15, 0.2) is 11.5 Å². The van der Waals surface area contributed by atoms with Crippen LogP contribution in [0.5, 0.6) is 0 Å². The summed E-state index contributed by atoms with van der Waals surface area (Å²) in [7, 11) is 1.36. The number of piperazine rings is 1. The van der Waals surface area contributed by atoms with Gasteiger partial charge in [-0.05, 0) is 38.1 Å². The first-order valence-electron chi connectivity index (χ1n) is 12.8. The number of alkyl halides is 3. The minimum absolute atomic E-state index is 0.